The third-order valence-electron chi connectivity index (χ3n) is 5.51. The summed E-state index contributed by atoms with van der Waals surface area (Å²) in [5, 5.41) is 3.40. The van der Waals surface area contributed by atoms with E-state index in [0.717, 1.165) is 62.4 Å². The molecule has 3 heterocycles. The van der Waals surface area contributed by atoms with E-state index in [1.54, 1.807) is 0 Å². The number of ether oxygens (including phenoxy) is 1. The first kappa shape index (κ1) is 17.8. The van der Waals surface area contributed by atoms with E-state index in [4.69, 9.17) is 9.72 Å². The third-order valence-corrected chi connectivity index (χ3v) is 5.51. The Bertz CT molecular complexity index is 778. The van der Waals surface area contributed by atoms with Crippen LogP contribution in [0, 0.1) is 5.92 Å². The SMILES string of the molecule is O=C(OCc1ccccc1)N1CCC(CCc2ccc3c(n2)NCCC3)C1. The van der Waals surface area contributed by atoms with Crippen LogP contribution < -0.4 is 5.32 Å². The molecule has 1 aromatic heterocycles. The van der Waals surface area contributed by atoms with Gasteiger partial charge in [0.25, 0.3) is 0 Å². The van der Waals surface area contributed by atoms with Gasteiger partial charge in [0, 0.05) is 25.3 Å². The molecule has 27 heavy (non-hydrogen) atoms. The molecule has 0 aliphatic carbocycles. The number of carbonyl (C=O) groups is 1. The van der Waals surface area contributed by atoms with E-state index >= 15 is 0 Å². The number of carbonyl (C=O) groups excluding carboxylic acids is 1. The van der Waals surface area contributed by atoms with Crippen LogP contribution in [0.5, 0.6) is 0 Å². The molecule has 1 atom stereocenters. The summed E-state index contributed by atoms with van der Waals surface area (Å²) < 4.78 is 5.45. The first-order chi connectivity index (χ1) is 13.3. The molecule has 0 spiro atoms. The van der Waals surface area contributed by atoms with E-state index in [1.807, 2.05) is 35.2 Å². The number of hydrogen-bond acceptors (Lipinski definition) is 4. The second-order valence-corrected chi connectivity index (χ2v) is 7.52. The van der Waals surface area contributed by atoms with E-state index < -0.39 is 0 Å². The summed E-state index contributed by atoms with van der Waals surface area (Å²) in [6, 6.07) is 14.2. The van der Waals surface area contributed by atoms with Crippen molar-refractivity contribution in [2.24, 2.45) is 5.92 Å². The fraction of sp³-hybridized carbons (Fsp3) is 0.455. The number of fused-ring (bicyclic) bond motifs is 1. The highest BCUT2D eigenvalue weighted by Crippen LogP contribution is 2.24. The Balaban J connectivity index is 1.23. The molecule has 142 valence electrons. The third kappa shape index (κ3) is 4.59. The largest absolute Gasteiger partial charge is 0.445 e. The van der Waals surface area contributed by atoms with Crippen LogP contribution in [0.25, 0.3) is 0 Å². The van der Waals surface area contributed by atoms with Crippen molar-refractivity contribution >= 4 is 11.9 Å². The molecule has 2 aromatic rings. The summed E-state index contributed by atoms with van der Waals surface area (Å²) in [7, 11) is 0. The zero-order chi connectivity index (χ0) is 18.5. The zero-order valence-corrected chi connectivity index (χ0v) is 15.7. The molecule has 1 amide bonds. The summed E-state index contributed by atoms with van der Waals surface area (Å²) in [4.78, 5) is 18.9. The molecule has 2 aliphatic heterocycles. The molecular weight excluding hydrogens is 338 g/mol. The monoisotopic (exact) mass is 365 g/mol. The summed E-state index contributed by atoms with van der Waals surface area (Å²) in [5.74, 6) is 1.59. The lowest BCUT2D eigenvalue weighted by Gasteiger charge is -2.18. The van der Waals surface area contributed by atoms with Crippen molar-refractivity contribution in [3.05, 3.63) is 59.3 Å². The van der Waals surface area contributed by atoms with Gasteiger partial charge in [0.15, 0.2) is 0 Å². The summed E-state index contributed by atoms with van der Waals surface area (Å²) in [6.07, 6.45) is 5.19. The highest BCUT2D eigenvalue weighted by atomic mass is 16.6. The fourth-order valence-corrected chi connectivity index (χ4v) is 3.90. The molecule has 0 bridgehead atoms. The number of nitrogens with one attached hydrogen (secondary N) is 1. The summed E-state index contributed by atoms with van der Waals surface area (Å²) in [5.41, 5.74) is 3.50. The summed E-state index contributed by atoms with van der Waals surface area (Å²) in [6.45, 7) is 2.94. The standard InChI is InChI=1S/C22H27N3O2/c26-22(27-16-18-5-2-1-3-6-18)25-14-12-17(15-25)8-10-20-11-9-19-7-4-13-23-21(19)24-20/h1-3,5-6,9,11,17H,4,7-8,10,12-16H2,(H,23,24). The smallest absolute Gasteiger partial charge is 0.410 e. The number of anilines is 1. The van der Waals surface area contributed by atoms with E-state index in [1.165, 1.54) is 12.0 Å². The number of pyridine rings is 1. The fourth-order valence-electron chi connectivity index (χ4n) is 3.90. The maximum Gasteiger partial charge on any atom is 0.410 e. The van der Waals surface area contributed by atoms with Crippen LogP contribution in [-0.4, -0.2) is 35.6 Å². The molecule has 5 nitrogen and oxygen atoms in total. The van der Waals surface area contributed by atoms with Crippen molar-refractivity contribution in [1.29, 1.82) is 0 Å². The van der Waals surface area contributed by atoms with Gasteiger partial charge in [-0.1, -0.05) is 36.4 Å². The van der Waals surface area contributed by atoms with E-state index in [0.29, 0.717) is 12.5 Å². The molecular formula is C22H27N3O2. The Morgan fingerprint density at radius 1 is 1.22 bits per heavy atom. The van der Waals surface area contributed by atoms with Crippen LogP contribution in [0.3, 0.4) is 0 Å². The highest BCUT2D eigenvalue weighted by Gasteiger charge is 2.27. The normalized spacial score (nSPS) is 18.7. The van der Waals surface area contributed by atoms with Crippen molar-refractivity contribution < 1.29 is 9.53 Å². The molecule has 1 fully saturated rings. The molecule has 5 heteroatoms. The summed E-state index contributed by atoms with van der Waals surface area (Å²) >= 11 is 0. The van der Waals surface area contributed by atoms with Gasteiger partial charge in [-0.25, -0.2) is 9.78 Å². The highest BCUT2D eigenvalue weighted by molar-refractivity contribution is 5.68. The van der Waals surface area contributed by atoms with Gasteiger partial charge in [0.1, 0.15) is 12.4 Å². The Morgan fingerprint density at radius 2 is 2.11 bits per heavy atom. The van der Waals surface area contributed by atoms with Gasteiger partial charge in [-0.2, -0.15) is 0 Å². The quantitative estimate of drug-likeness (QED) is 0.869. The number of hydrogen-bond donors (Lipinski definition) is 1. The maximum atomic E-state index is 12.3. The minimum atomic E-state index is -0.197. The van der Waals surface area contributed by atoms with Crippen molar-refractivity contribution in [2.75, 3.05) is 25.0 Å². The first-order valence-electron chi connectivity index (χ1n) is 9.96. The lowest BCUT2D eigenvalue weighted by atomic mass is 10.00. The number of likely N-dealkylation sites (tertiary alicyclic amines) is 1. The van der Waals surface area contributed by atoms with Crippen LogP contribution in [0.1, 0.15) is 36.1 Å². The Kier molecular flexibility index (Phi) is 5.56. The minimum Gasteiger partial charge on any atom is -0.445 e. The molecule has 1 unspecified atom stereocenters. The molecule has 1 N–H and O–H groups in total. The lowest BCUT2D eigenvalue weighted by molar-refractivity contribution is 0.103. The second kappa shape index (κ2) is 8.42. The average molecular weight is 365 g/mol. The minimum absolute atomic E-state index is 0.197. The molecule has 1 saturated heterocycles. The molecule has 2 aliphatic rings. The van der Waals surface area contributed by atoms with Crippen LogP contribution in [0.15, 0.2) is 42.5 Å². The van der Waals surface area contributed by atoms with Gasteiger partial charge in [0.05, 0.1) is 0 Å². The number of amides is 1. The van der Waals surface area contributed by atoms with Crippen molar-refractivity contribution in [3.63, 3.8) is 0 Å². The van der Waals surface area contributed by atoms with Gasteiger partial charge in [-0.05, 0) is 55.2 Å². The number of aryl methyl sites for hydroxylation is 2. The maximum absolute atomic E-state index is 12.3. The van der Waals surface area contributed by atoms with Gasteiger partial charge in [0.2, 0.25) is 0 Å². The predicted octanol–water partition coefficient (Wildman–Crippen LogP) is 4.03. The topological polar surface area (TPSA) is 54.5 Å². The van der Waals surface area contributed by atoms with Crippen molar-refractivity contribution in [3.8, 4) is 0 Å². The van der Waals surface area contributed by atoms with Crippen LogP contribution in [0.2, 0.25) is 0 Å². The number of aromatic nitrogens is 1. The Hall–Kier alpha value is -2.56. The molecule has 1 aromatic carbocycles. The van der Waals surface area contributed by atoms with Gasteiger partial charge >= 0.3 is 6.09 Å². The van der Waals surface area contributed by atoms with Crippen molar-refractivity contribution in [1.82, 2.24) is 9.88 Å². The van der Waals surface area contributed by atoms with Gasteiger partial charge in [-0.15, -0.1) is 0 Å². The number of benzene rings is 1. The average Bonchev–Trinajstić information content (AvgIpc) is 3.20. The second-order valence-electron chi connectivity index (χ2n) is 7.52. The lowest BCUT2D eigenvalue weighted by Crippen LogP contribution is -2.29. The van der Waals surface area contributed by atoms with E-state index in [2.05, 4.69) is 17.4 Å². The van der Waals surface area contributed by atoms with Crippen molar-refractivity contribution in [2.45, 2.75) is 38.7 Å². The Morgan fingerprint density at radius 3 is 3.00 bits per heavy atom. The molecule has 4 rings (SSSR count). The Labute approximate surface area is 160 Å². The van der Waals surface area contributed by atoms with Crippen LogP contribution in [-0.2, 0) is 24.2 Å². The predicted molar refractivity (Wildman–Crippen MR) is 106 cm³/mol. The number of nitrogens with zero attached hydrogens (tertiary/aromatic N) is 2. The molecule has 0 saturated carbocycles. The van der Waals surface area contributed by atoms with Crippen LogP contribution >= 0.6 is 0 Å². The van der Waals surface area contributed by atoms with Crippen LogP contribution in [0.4, 0.5) is 10.6 Å². The van der Waals surface area contributed by atoms with Gasteiger partial charge in [-0.3, -0.25) is 0 Å². The first-order valence-corrected chi connectivity index (χ1v) is 9.96. The zero-order valence-electron chi connectivity index (χ0n) is 15.7. The van der Waals surface area contributed by atoms with E-state index in [9.17, 15) is 4.79 Å². The van der Waals surface area contributed by atoms with Gasteiger partial charge < -0.3 is 15.0 Å². The van der Waals surface area contributed by atoms with E-state index in [-0.39, 0.29) is 6.09 Å². The number of rotatable bonds is 5. The molecule has 0 radical (unpaired) electrons.